The lowest BCUT2D eigenvalue weighted by atomic mass is 10.0. The second-order valence-corrected chi connectivity index (χ2v) is 7.25. The third kappa shape index (κ3) is 4.51. The normalized spacial score (nSPS) is 11.3. The Morgan fingerprint density at radius 3 is 2.35 bits per heavy atom. The van der Waals surface area contributed by atoms with Gasteiger partial charge in [-0.1, -0.05) is 32.0 Å². The van der Waals surface area contributed by atoms with Crippen molar-refractivity contribution >= 4 is 16.7 Å². The second kappa shape index (κ2) is 8.17. The van der Waals surface area contributed by atoms with Crippen molar-refractivity contribution in [2.24, 2.45) is 5.92 Å². The lowest BCUT2D eigenvalue weighted by molar-refractivity contribution is 0.242. The highest BCUT2D eigenvalue weighted by atomic mass is 16.5. The van der Waals surface area contributed by atoms with Crippen LogP contribution in [0.4, 0.5) is 5.82 Å². The minimum absolute atomic E-state index is 0.179. The summed E-state index contributed by atoms with van der Waals surface area (Å²) in [6, 6.07) is 14.5. The molecule has 0 aliphatic heterocycles. The predicted molar refractivity (Wildman–Crippen MR) is 109 cm³/mol. The van der Waals surface area contributed by atoms with Gasteiger partial charge in [-0.05, 0) is 61.6 Å². The van der Waals surface area contributed by atoms with Gasteiger partial charge in [0.2, 0.25) is 0 Å². The van der Waals surface area contributed by atoms with Crippen LogP contribution >= 0.6 is 0 Å². The fourth-order valence-corrected chi connectivity index (χ4v) is 2.85. The molecule has 1 N–H and O–H groups in total. The lowest BCUT2D eigenvalue weighted by Crippen LogP contribution is -2.07. The number of anilines is 1. The largest absolute Gasteiger partial charge is 0.491 e. The third-order valence-electron chi connectivity index (χ3n) is 4.21. The topological polar surface area (TPSA) is 47.0 Å². The highest BCUT2D eigenvalue weighted by Gasteiger charge is 2.07. The van der Waals surface area contributed by atoms with E-state index in [4.69, 9.17) is 4.74 Å². The van der Waals surface area contributed by atoms with E-state index < -0.39 is 0 Å². The van der Waals surface area contributed by atoms with E-state index in [-0.39, 0.29) is 6.10 Å². The molecule has 0 aliphatic carbocycles. The molecule has 2 aromatic carbocycles. The molecule has 0 saturated heterocycles. The molecule has 0 unspecified atom stereocenters. The average Bonchev–Trinajstić information content (AvgIpc) is 2.61. The fourth-order valence-electron chi connectivity index (χ4n) is 2.85. The lowest BCUT2D eigenvalue weighted by Gasteiger charge is -2.12. The van der Waals surface area contributed by atoms with Crippen LogP contribution in [0.15, 0.2) is 48.8 Å². The summed E-state index contributed by atoms with van der Waals surface area (Å²) in [4.78, 5) is 8.84. The molecule has 3 aromatic rings. The van der Waals surface area contributed by atoms with Crippen molar-refractivity contribution in [2.75, 3.05) is 11.9 Å². The number of aromatic nitrogens is 2. The van der Waals surface area contributed by atoms with Gasteiger partial charge in [0.15, 0.2) is 0 Å². The maximum atomic E-state index is 5.73. The first-order valence-electron chi connectivity index (χ1n) is 9.28. The van der Waals surface area contributed by atoms with Gasteiger partial charge in [-0.2, -0.15) is 0 Å². The van der Waals surface area contributed by atoms with Gasteiger partial charge in [-0.15, -0.1) is 0 Å². The van der Waals surface area contributed by atoms with Gasteiger partial charge >= 0.3 is 0 Å². The highest BCUT2D eigenvalue weighted by molar-refractivity contribution is 5.92. The fraction of sp³-hybridized carbons (Fsp3) is 0.364. The number of nitrogens with one attached hydrogen (secondary N) is 1. The van der Waals surface area contributed by atoms with Gasteiger partial charge in [-0.25, -0.2) is 9.97 Å². The summed E-state index contributed by atoms with van der Waals surface area (Å²) >= 11 is 0. The van der Waals surface area contributed by atoms with E-state index in [1.54, 1.807) is 6.33 Å². The van der Waals surface area contributed by atoms with Crippen LogP contribution in [-0.4, -0.2) is 22.6 Å². The Labute approximate surface area is 155 Å². The summed E-state index contributed by atoms with van der Waals surface area (Å²) in [6.45, 7) is 9.43. The second-order valence-electron chi connectivity index (χ2n) is 7.25. The molecule has 0 bridgehead atoms. The Hall–Kier alpha value is -2.62. The Balaban J connectivity index is 1.87. The highest BCUT2D eigenvalue weighted by Crippen LogP contribution is 2.28. The van der Waals surface area contributed by atoms with Crippen LogP contribution in [0.25, 0.3) is 22.0 Å². The van der Waals surface area contributed by atoms with Crippen molar-refractivity contribution in [2.45, 2.75) is 40.2 Å². The van der Waals surface area contributed by atoms with Crippen LogP contribution in [0.1, 0.15) is 34.1 Å². The zero-order valence-electron chi connectivity index (χ0n) is 16.0. The van der Waals surface area contributed by atoms with Gasteiger partial charge < -0.3 is 10.1 Å². The Bertz CT molecular complexity index is 857. The number of nitrogens with zero attached hydrogens (tertiary/aromatic N) is 2. The molecule has 0 radical (unpaired) electrons. The zero-order chi connectivity index (χ0) is 18.5. The molecule has 0 amide bonds. The van der Waals surface area contributed by atoms with Gasteiger partial charge in [-0.3, -0.25) is 0 Å². The van der Waals surface area contributed by atoms with Crippen molar-refractivity contribution in [3.8, 4) is 16.9 Å². The number of hydrogen-bond acceptors (Lipinski definition) is 4. The van der Waals surface area contributed by atoms with Gasteiger partial charge in [0.25, 0.3) is 0 Å². The number of hydrogen-bond donors (Lipinski definition) is 1. The maximum absolute atomic E-state index is 5.73. The summed E-state index contributed by atoms with van der Waals surface area (Å²) in [7, 11) is 0. The molecule has 4 heteroatoms. The van der Waals surface area contributed by atoms with Gasteiger partial charge in [0.1, 0.15) is 17.9 Å². The standard InChI is InChI=1S/C22H27N3O/c1-15(2)11-12-23-22-20-13-18(7-10-21(20)24-14-25-22)17-5-8-19(9-6-17)26-16(3)4/h5-10,13-16H,11-12H2,1-4H3,(H,23,24,25). The number of benzene rings is 2. The first-order valence-corrected chi connectivity index (χ1v) is 9.28. The van der Waals surface area contributed by atoms with Crippen LogP contribution in [0.5, 0.6) is 5.75 Å². The Morgan fingerprint density at radius 2 is 1.65 bits per heavy atom. The van der Waals surface area contributed by atoms with Crippen LogP contribution in [0.2, 0.25) is 0 Å². The van der Waals surface area contributed by atoms with E-state index in [9.17, 15) is 0 Å². The quantitative estimate of drug-likeness (QED) is 0.608. The molecular weight excluding hydrogens is 322 g/mol. The van der Waals surface area contributed by atoms with E-state index in [1.165, 1.54) is 0 Å². The third-order valence-corrected chi connectivity index (χ3v) is 4.21. The predicted octanol–water partition coefficient (Wildman–Crippen LogP) is 5.54. The Morgan fingerprint density at radius 1 is 0.923 bits per heavy atom. The maximum Gasteiger partial charge on any atom is 0.137 e. The smallest absolute Gasteiger partial charge is 0.137 e. The van der Waals surface area contributed by atoms with Crippen molar-refractivity contribution in [1.82, 2.24) is 9.97 Å². The van der Waals surface area contributed by atoms with Crippen LogP contribution in [0, 0.1) is 5.92 Å². The molecule has 3 rings (SSSR count). The average molecular weight is 349 g/mol. The van der Waals surface area contributed by atoms with Crippen molar-refractivity contribution in [3.05, 3.63) is 48.8 Å². The summed E-state index contributed by atoms with van der Waals surface area (Å²) in [5, 5.41) is 4.51. The van der Waals surface area contributed by atoms with Gasteiger partial charge in [0, 0.05) is 11.9 Å². The number of fused-ring (bicyclic) bond motifs is 1. The van der Waals surface area contributed by atoms with E-state index >= 15 is 0 Å². The monoisotopic (exact) mass is 349 g/mol. The zero-order valence-corrected chi connectivity index (χ0v) is 16.0. The minimum Gasteiger partial charge on any atom is -0.491 e. The molecule has 0 saturated carbocycles. The summed E-state index contributed by atoms with van der Waals surface area (Å²) < 4.78 is 5.73. The molecular formula is C22H27N3O. The Kier molecular flexibility index (Phi) is 5.71. The van der Waals surface area contributed by atoms with Crippen molar-refractivity contribution in [3.63, 3.8) is 0 Å². The molecule has 0 fully saturated rings. The number of rotatable bonds is 7. The van der Waals surface area contributed by atoms with Crippen molar-refractivity contribution < 1.29 is 4.74 Å². The van der Waals surface area contributed by atoms with E-state index in [1.807, 2.05) is 26.0 Å². The summed E-state index contributed by atoms with van der Waals surface area (Å²) in [5.74, 6) is 2.46. The first kappa shape index (κ1) is 18.2. The van der Waals surface area contributed by atoms with Crippen LogP contribution < -0.4 is 10.1 Å². The van der Waals surface area contributed by atoms with Crippen LogP contribution in [-0.2, 0) is 0 Å². The van der Waals surface area contributed by atoms with E-state index in [0.29, 0.717) is 5.92 Å². The summed E-state index contributed by atoms with van der Waals surface area (Å²) in [6.07, 6.45) is 2.92. The summed E-state index contributed by atoms with van der Waals surface area (Å²) in [5.41, 5.74) is 3.26. The molecule has 0 spiro atoms. The number of ether oxygens (including phenoxy) is 1. The van der Waals surface area contributed by atoms with E-state index in [2.05, 4.69) is 59.5 Å². The van der Waals surface area contributed by atoms with Gasteiger partial charge in [0.05, 0.1) is 11.6 Å². The minimum atomic E-state index is 0.179. The molecule has 136 valence electrons. The molecule has 1 aromatic heterocycles. The molecule has 0 atom stereocenters. The molecule has 0 aliphatic rings. The van der Waals surface area contributed by atoms with Crippen molar-refractivity contribution in [1.29, 1.82) is 0 Å². The van der Waals surface area contributed by atoms with E-state index in [0.717, 1.165) is 46.6 Å². The molecule has 26 heavy (non-hydrogen) atoms. The van der Waals surface area contributed by atoms with Crippen LogP contribution in [0.3, 0.4) is 0 Å². The molecule has 1 heterocycles. The first-order chi connectivity index (χ1) is 12.5. The molecule has 4 nitrogen and oxygen atoms in total. The SMILES string of the molecule is CC(C)CCNc1ncnc2ccc(-c3ccc(OC(C)C)cc3)cc12.